The highest BCUT2D eigenvalue weighted by Gasteiger charge is 2.35. The summed E-state index contributed by atoms with van der Waals surface area (Å²) in [5, 5.41) is 24.4. The number of H-pyrrole nitrogens is 1. The summed E-state index contributed by atoms with van der Waals surface area (Å²) < 4.78 is 10.8. The topological polar surface area (TPSA) is 232 Å². The van der Waals surface area contributed by atoms with Gasteiger partial charge < -0.3 is 36.1 Å². The van der Waals surface area contributed by atoms with Crippen molar-refractivity contribution < 1.29 is 34.1 Å². The van der Waals surface area contributed by atoms with E-state index in [1.165, 1.54) is 18.3 Å². The number of benzene rings is 1. The van der Waals surface area contributed by atoms with Gasteiger partial charge in [-0.2, -0.15) is 4.98 Å². The summed E-state index contributed by atoms with van der Waals surface area (Å²) >= 11 is 0. The number of carbonyl (C=O) groups is 3. The van der Waals surface area contributed by atoms with Crippen LogP contribution in [0.2, 0.25) is 0 Å². The smallest absolute Gasteiger partial charge is 0.326 e. The number of aromatic nitrogens is 4. The predicted molar refractivity (Wildman–Crippen MR) is 140 cm³/mol. The third kappa shape index (κ3) is 7.06. The summed E-state index contributed by atoms with van der Waals surface area (Å²) in [4.78, 5) is 63.2. The summed E-state index contributed by atoms with van der Waals surface area (Å²) in [6.45, 7) is 1.73. The molecule has 3 aromatic rings. The van der Waals surface area contributed by atoms with E-state index in [2.05, 4.69) is 30.6 Å². The van der Waals surface area contributed by atoms with Crippen molar-refractivity contribution in [3.05, 3.63) is 52.1 Å². The second-order valence-electron chi connectivity index (χ2n) is 9.25. The summed E-state index contributed by atoms with van der Waals surface area (Å²) in [6.07, 6.45) is 0.0820. The van der Waals surface area contributed by atoms with Crippen LogP contribution in [0.15, 0.2) is 35.3 Å². The van der Waals surface area contributed by atoms with Gasteiger partial charge in [-0.3, -0.25) is 19.4 Å². The number of carbonyl (C=O) groups excluding carboxylic acids is 2. The van der Waals surface area contributed by atoms with Crippen molar-refractivity contribution in [1.82, 2.24) is 25.3 Å². The van der Waals surface area contributed by atoms with Gasteiger partial charge >= 0.3 is 11.9 Å². The largest absolute Gasteiger partial charge is 0.480 e. The molecule has 4 rings (SSSR count). The SMILES string of the molecule is CC1CC(OC(=O)CCC(NC(=O)c2ccc(NCc3cnc4nc(N)[nH]c(=O)c4n3)cc2)C(=O)O)C(CO)O1. The molecule has 1 aromatic carbocycles. The van der Waals surface area contributed by atoms with E-state index < -0.39 is 41.7 Å². The number of fused-ring (bicyclic) bond motifs is 1. The molecule has 1 fully saturated rings. The maximum absolute atomic E-state index is 12.7. The number of nitrogen functional groups attached to an aromatic ring is 1. The van der Waals surface area contributed by atoms with E-state index in [0.29, 0.717) is 17.8 Å². The van der Waals surface area contributed by atoms with Crippen LogP contribution in [0.5, 0.6) is 0 Å². The number of hydrogen-bond acceptors (Lipinski definition) is 12. The number of hydrogen-bond donors (Lipinski definition) is 6. The second kappa shape index (κ2) is 12.5. The van der Waals surface area contributed by atoms with Crippen LogP contribution >= 0.6 is 0 Å². The Balaban J connectivity index is 1.29. The number of nitrogens with zero attached hydrogens (tertiary/aromatic N) is 3. The third-order valence-corrected chi connectivity index (χ3v) is 6.20. The van der Waals surface area contributed by atoms with Crippen LogP contribution in [-0.4, -0.2) is 79.0 Å². The Morgan fingerprint density at radius 1 is 1.25 bits per heavy atom. The first-order valence-electron chi connectivity index (χ1n) is 12.5. The maximum atomic E-state index is 12.7. The number of nitrogens with one attached hydrogen (secondary N) is 3. The Kier molecular flexibility index (Phi) is 8.86. The number of nitrogens with two attached hydrogens (primary N) is 1. The fraction of sp³-hybridized carbons (Fsp3) is 0.400. The Morgan fingerprint density at radius 2 is 2.00 bits per heavy atom. The molecule has 4 atom stereocenters. The molecule has 0 bridgehead atoms. The minimum atomic E-state index is -1.32. The number of esters is 1. The lowest BCUT2D eigenvalue weighted by atomic mass is 10.1. The fourth-order valence-corrected chi connectivity index (χ4v) is 4.18. The molecular weight excluding hydrogens is 526 g/mol. The molecule has 1 aliphatic heterocycles. The highest BCUT2D eigenvalue weighted by atomic mass is 16.6. The van der Waals surface area contributed by atoms with Gasteiger partial charge in [-0.1, -0.05) is 0 Å². The number of ether oxygens (including phenoxy) is 2. The van der Waals surface area contributed by atoms with Gasteiger partial charge in [-0.05, 0) is 37.6 Å². The van der Waals surface area contributed by atoms with Crippen molar-refractivity contribution in [3.8, 4) is 0 Å². The second-order valence-corrected chi connectivity index (χ2v) is 9.25. The van der Waals surface area contributed by atoms with Gasteiger partial charge in [-0.15, -0.1) is 0 Å². The van der Waals surface area contributed by atoms with Crippen molar-refractivity contribution in [1.29, 1.82) is 0 Å². The molecule has 212 valence electrons. The molecular formula is C25H29N7O8. The first-order valence-corrected chi connectivity index (χ1v) is 12.5. The molecule has 0 saturated carbocycles. The molecule has 0 aliphatic carbocycles. The van der Waals surface area contributed by atoms with Gasteiger partial charge in [0, 0.05) is 24.1 Å². The molecule has 15 nitrogen and oxygen atoms in total. The van der Waals surface area contributed by atoms with Gasteiger partial charge in [0.2, 0.25) is 5.95 Å². The predicted octanol–water partition coefficient (Wildman–Crippen LogP) is -0.0479. The quantitative estimate of drug-likeness (QED) is 0.171. The minimum Gasteiger partial charge on any atom is -0.480 e. The highest BCUT2D eigenvalue weighted by molar-refractivity contribution is 5.97. The first-order chi connectivity index (χ1) is 19.1. The number of aliphatic carboxylic acids is 1. The Bertz CT molecular complexity index is 1450. The third-order valence-electron chi connectivity index (χ3n) is 6.20. The van der Waals surface area contributed by atoms with Crippen LogP contribution in [-0.2, 0) is 25.6 Å². The van der Waals surface area contributed by atoms with E-state index in [4.69, 9.17) is 15.2 Å². The average molecular weight is 556 g/mol. The summed E-state index contributed by atoms with van der Waals surface area (Å²) in [6, 6.07) is 4.93. The molecule has 0 spiro atoms. The molecule has 1 amide bonds. The van der Waals surface area contributed by atoms with Crippen LogP contribution < -0.4 is 21.9 Å². The van der Waals surface area contributed by atoms with Crippen molar-refractivity contribution in [2.24, 2.45) is 0 Å². The van der Waals surface area contributed by atoms with E-state index in [0.717, 1.165) is 0 Å². The van der Waals surface area contributed by atoms with Crippen molar-refractivity contribution >= 4 is 40.6 Å². The van der Waals surface area contributed by atoms with E-state index in [1.807, 2.05) is 0 Å². The zero-order valence-corrected chi connectivity index (χ0v) is 21.5. The Morgan fingerprint density at radius 3 is 2.70 bits per heavy atom. The van der Waals surface area contributed by atoms with Gasteiger partial charge in [-0.25, -0.2) is 14.8 Å². The molecule has 3 heterocycles. The fourth-order valence-electron chi connectivity index (χ4n) is 4.18. The normalized spacial score (nSPS) is 19.2. The monoisotopic (exact) mass is 555 g/mol. The zero-order valence-electron chi connectivity index (χ0n) is 21.5. The molecule has 2 aromatic heterocycles. The van der Waals surface area contributed by atoms with E-state index in [1.54, 1.807) is 19.1 Å². The summed E-state index contributed by atoms with van der Waals surface area (Å²) in [5.74, 6) is -2.62. The standard InChI is InChI=1S/C25H29N7O8/c1-12-8-17(18(11-33)39-12)40-19(34)7-6-16(24(37)38)30-22(35)13-2-4-14(5-3-13)27-9-15-10-28-21-20(29-15)23(36)32-25(26)31-21/h2-5,10,12,16-18,27,33H,6-9,11H2,1H3,(H,30,35)(H,37,38)(H3,26,28,31,32,36). The number of carboxylic acid groups (broad SMARTS) is 1. The van der Waals surface area contributed by atoms with Crippen LogP contribution in [0.25, 0.3) is 11.2 Å². The highest BCUT2D eigenvalue weighted by Crippen LogP contribution is 2.23. The average Bonchev–Trinajstić information content (AvgIpc) is 3.28. The summed E-state index contributed by atoms with van der Waals surface area (Å²) in [7, 11) is 0. The number of anilines is 2. The van der Waals surface area contributed by atoms with Crippen molar-refractivity contribution in [3.63, 3.8) is 0 Å². The zero-order chi connectivity index (χ0) is 28.8. The molecule has 0 radical (unpaired) electrons. The molecule has 1 aliphatic rings. The molecule has 40 heavy (non-hydrogen) atoms. The number of aliphatic hydroxyl groups is 1. The van der Waals surface area contributed by atoms with Crippen LogP contribution in [0.3, 0.4) is 0 Å². The van der Waals surface area contributed by atoms with E-state index in [9.17, 15) is 29.4 Å². The number of rotatable bonds is 11. The lowest BCUT2D eigenvalue weighted by Crippen LogP contribution is -2.41. The van der Waals surface area contributed by atoms with Crippen LogP contribution in [0.4, 0.5) is 11.6 Å². The van der Waals surface area contributed by atoms with E-state index >= 15 is 0 Å². The maximum Gasteiger partial charge on any atom is 0.326 e. The van der Waals surface area contributed by atoms with Crippen LogP contribution in [0, 0.1) is 0 Å². The molecule has 15 heteroatoms. The number of aromatic amines is 1. The van der Waals surface area contributed by atoms with Gasteiger partial charge in [0.05, 0.1) is 31.1 Å². The van der Waals surface area contributed by atoms with Gasteiger partial charge in [0.25, 0.3) is 11.5 Å². The van der Waals surface area contributed by atoms with Crippen molar-refractivity contribution in [2.45, 2.75) is 57.1 Å². The lowest BCUT2D eigenvalue weighted by molar-refractivity contribution is -0.153. The Hall–Kier alpha value is -4.63. The van der Waals surface area contributed by atoms with Crippen LogP contribution in [0.1, 0.15) is 42.2 Å². The number of carboxylic acids is 1. The molecule has 7 N–H and O–H groups in total. The Labute approximate surface area is 227 Å². The minimum absolute atomic E-state index is 0.0540. The summed E-state index contributed by atoms with van der Waals surface area (Å²) in [5.41, 5.74) is 6.50. The van der Waals surface area contributed by atoms with Crippen molar-refractivity contribution in [2.75, 3.05) is 17.7 Å². The van der Waals surface area contributed by atoms with E-state index in [-0.39, 0.29) is 54.8 Å². The first kappa shape index (κ1) is 28.4. The number of aliphatic hydroxyl groups excluding tert-OH is 1. The van der Waals surface area contributed by atoms with Gasteiger partial charge in [0.1, 0.15) is 18.2 Å². The lowest BCUT2D eigenvalue weighted by Gasteiger charge is -2.18. The number of amides is 1. The molecule has 1 saturated heterocycles. The molecule has 4 unspecified atom stereocenters. The van der Waals surface area contributed by atoms with Gasteiger partial charge in [0.15, 0.2) is 11.2 Å².